The van der Waals surface area contributed by atoms with Crippen LogP contribution in [0.3, 0.4) is 0 Å². The Hall–Kier alpha value is -2.36. The van der Waals surface area contributed by atoms with Crippen LogP contribution in [-0.4, -0.2) is 59.5 Å². The van der Waals surface area contributed by atoms with E-state index < -0.39 is 83.0 Å². The van der Waals surface area contributed by atoms with Crippen LogP contribution < -0.4 is 0 Å². The maximum Gasteiger partial charge on any atom is 0.509 e. The number of alkyl halides is 3. The number of hydrogen-bond donors (Lipinski definition) is 1. The zero-order chi connectivity index (χ0) is 30.1. The Morgan fingerprint density at radius 1 is 1.05 bits per heavy atom. The van der Waals surface area contributed by atoms with E-state index in [1.807, 2.05) is 0 Å². The Morgan fingerprint density at radius 3 is 2.34 bits per heavy atom. The minimum absolute atomic E-state index is 0.0173. The summed E-state index contributed by atoms with van der Waals surface area (Å²) in [6.45, 7) is 7.37. The van der Waals surface area contributed by atoms with Gasteiger partial charge in [-0.25, -0.2) is 22.8 Å². The number of rotatable bonds is 4. The van der Waals surface area contributed by atoms with Gasteiger partial charge in [-0.3, -0.25) is 4.79 Å². The molecule has 4 fully saturated rings. The predicted octanol–water partition coefficient (Wildman–Crippen LogP) is 5.74. The number of halogens is 3. The molecule has 0 saturated heterocycles. The van der Waals surface area contributed by atoms with E-state index in [4.69, 9.17) is 14.2 Å². The largest absolute Gasteiger partial charge is 0.509 e. The van der Waals surface area contributed by atoms with Crippen molar-refractivity contribution in [1.29, 1.82) is 0 Å². The van der Waals surface area contributed by atoms with Crippen molar-refractivity contribution in [3.05, 3.63) is 23.8 Å². The van der Waals surface area contributed by atoms with Crippen molar-refractivity contribution in [2.45, 2.75) is 103 Å². The van der Waals surface area contributed by atoms with Crippen molar-refractivity contribution in [1.82, 2.24) is 0 Å². The monoisotopic (exact) mass is 582 g/mol. The first-order valence-corrected chi connectivity index (χ1v) is 14.7. The summed E-state index contributed by atoms with van der Waals surface area (Å²) in [5.74, 6) is -3.57. The number of carbonyl (C=O) groups is 3. The van der Waals surface area contributed by atoms with Gasteiger partial charge in [0, 0.05) is 22.7 Å². The minimum atomic E-state index is -2.38. The van der Waals surface area contributed by atoms with Crippen LogP contribution in [0, 0.1) is 40.4 Å². The summed E-state index contributed by atoms with van der Waals surface area (Å²) in [4.78, 5) is 39.0. The number of hydrogen-bond acceptors (Lipinski definition) is 7. The molecule has 0 aliphatic heterocycles. The Balaban J connectivity index is 1.53. The van der Waals surface area contributed by atoms with Crippen LogP contribution in [0.5, 0.6) is 0 Å². The lowest BCUT2D eigenvalue weighted by Gasteiger charge is -2.62. The molecule has 0 aromatic heterocycles. The quantitative estimate of drug-likeness (QED) is 0.422. The second-order valence-electron chi connectivity index (χ2n) is 13.8. The van der Waals surface area contributed by atoms with Gasteiger partial charge in [-0.05, 0) is 80.9 Å². The van der Waals surface area contributed by atoms with Gasteiger partial charge in [0.25, 0.3) is 0 Å². The molecule has 0 heterocycles. The Kier molecular flexibility index (Phi) is 7.44. The molecule has 0 spiro atoms. The highest BCUT2D eigenvalue weighted by molar-refractivity contribution is 6.01. The molecular formula is C31H41F3O7. The third kappa shape index (κ3) is 4.20. The van der Waals surface area contributed by atoms with Crippen LogP contribution in [0.2, 0.25) is 0 Å². The normalized spacial score (nSPS) is 48.8. The van der Waals surface area contributed by atoms with E-state index in [-0.39, 0.29) is 24.8 Å². The van der Waals surface area contributed by atoms with E-state index in [0.29, 0.717) is 24.7 Å². The highest BCUT2D eigenvalue weighted by Crippen LogP contribution is 2.71. The first-order chi connectivity index (χ1) is 19.1. The van der Waals surface area contributed by atoms with Crippen molar-refractivity contribution < 1.29 is 46.9 Å². The number of esters is 1. The highest BCUT2D eigenvalue weighted by atomic mass is 19.1. The maximum atomic E-state index is 17.5. The van der Waals surface area contributed by atoms with Crippen LogP contribution in [0.1, 0.15) is 73.1 Å². The van der Waals surface area contributed by atoms with Gasteiger partial charge in [-0.2, -0.15) is 0 Å². The van der Waals surface area contributed by atoms with E-state index in [1.54, 1.807) is 13.8 Å². The summed E-state index contributed by atoms with van der Waals surface area (Å²) in [7, 11) is 0. The molecule has 5 aliphatic carbocycles. The molecule has 4 saturated carbocycles. The Morgan fingerprint density at radius 2 is 1.71 bits per heavy atom. The van der Waals surface area contributed by atoms with Crippen LogP contribution in [0.15, 0.2) is 23.8 Å². The molecule has 12 atom stereocenters. The molecule has 1 N–H and O–H groups in total. The van der Waals surface area contributed by atoms with Crippen LogP contribution in [0.25, 0.3) is 0 Å². The molecule has 7 nitrogen and oxygen atoms in total. The zero-order valence-corrected chi connectivity index (χ0v) is 24.3. The first kappa shape index (κ1) is 30.1. The fraction of sp³-hybridized carbons (Fsp3) is 0.774. The highest BCUT2D eigenvalue weighted by Gasteiger charge is 2.79. The second kappa shape index (κ2) is 10.1. The number of aliphatic hydroxyl groups is 1. The summed E-state index contributed by atoms with van der Waals surface area (Å²) in [6.07, 6.45) is 0.412. The third-order valence-electron chi connectivity index (χ3n) is 11.3. The first-order valence-electron chi connectivity index (χ1n) is 14.7. The fourth-order valence-corrected chi connectivity index (χ4v) is 9.64. The average Bonchev–Trinajstić information content (AvgIpc) is 3.08. The van der Waals surface area contributed by atoms with Crippen LogP contribution >= 0.6 is 0 Å². The van der Waals surface area contributed by atoms with Gasteiger partial charge in [0.05, 0.1) is 6.10 Å². The van der Waals surface area contributed by atoms with Gasteiger partial charge in [0.15, 0.2) is 11.5 Å². The summed E-state index contributed by atoms with van der Waals surface area (Å²) >= 11 is 0. The molecule has 1 unspecified atom stereocenters. The fourth-order valence-electron chi connectivity index (χ4n) is 9.64. The number of allylic oxidation sites excluding steroid dienone is 4. The lowest BCUT2D eigenvalue weighted by Crippen LogP contribution is -2.71. The molecule has 5 rings (SSSR count). The minimum Gasteiger partial charge on any atom is -0.431 e. The molecule has 0 amide bonds. The number of fused-ring (bicyclic) bond motifs is 5. The standard InChI is InChI=1S/C31H41F3O7/c1-16-8-17(2)10-20(9-16)40-27(38)41-31(26(37)39-15-32)18(3)11-21-22-13-24(33)23-12-19(35)6-7-28(23,4)30(22,34)25(36)14-29(21,31)5/h6-7,12,16-18,20-22,24-25,36H,8-11,13-15H2,1-5H3/t16-,17+,18-,20+,21+,22+,24+,25+,28+,29+,30?,31-/m1/s1. The molecule has 10 heteroatoms. The van der Waals surface area contributed by atoms with Crippen molar-refractivity contribution in [2.24, 2.45) is 40.4 Å². The maximum absolute atomic E-state index is 17.5. The molecule has 0 radical (unpaired) electrons. The molecule has 0 bridgehead atoms. The molecular weight excluding hydrogens is 541 g/mol. The lowest BCUT2D eigenvalue weighted by molar-refractivity contribution is -0.235. The number of ether oxygens (including phenoxy) is 3. The average molecular weight is 583 g/mol. The second-order valence-corrected chi connectivity index (χ2v) is 13.8. The Labute approximate surface area is 238 Å². The predicted molar refractivity (Wildman–Crippen MR) is 142 cm³/mol. The zero-order valence-electron chi connectivity index (χ0n) is 24.3. The van der Waals surface area contributed by atoms with E-state index in [1.165, 1.54) is 19.1 Å². The van der Waals surface area contributed by atoms with Gasteiger partial charge in [-0.15, -0.1) is 0 Å². The SMILES string of the molecule is C[C@@H]1C[C@H](C)C[C@@H](OC(=O)O[C@@]2(C(=O)OCF)[C@H](C)C[C@H]3[C@@H]4C[C@H](F)C5=CC(=O)C=C[C@]5(C)C4(F)[C@@H](O)C[C@@]32C)C1. The summed E-state index contributed by atoms with van der Waals surface area (Å²) in [5, 5.41) is 11.6. The topological polar surface area (TPSA) is 99.1 Å². The molecule has 5 aliphatic rings. The summed E-state index contributed by atoms with van der Waals surface area (Å²) in [6, 6.07) is 0. The van der Waals surface area contributed by atoms with Crippen molar-refractivity contribution in [3.63, 3.8) is 0 Å². The summed E-state index contributed by atoms with van der Waals surface area (Å²) < 4.78 is 63.1. The van der Waals surface area contributed by atoms with Gasteiger partial charge < -0.3 is 19.3 Å². The van der Waals surface area contributed by atoms with Crippen molar-refractivity contribution in [3.8, 4) is 0 Å². The van der Waals surface area contributed by atoms with E-state index in [9.17, 15) is 23.9 Å². The van der Waals surface area contributed by atoms with Crippen molar-refractivity contribution >= 4 is 17.9 Å². The van der Waals surface area contributed by atoms with Gasteiger partial charge in [-0.1, -0.05) is 33.8 Å². The third-order valence-corrected chi connectivity index (χ3v) is 11.3. The van der Waals surface area contributed by atoms with E-state index in [2.05, 4.69) is 13.8 Å². The number of ketones is 1. The number of aliphatic hydroxyl groups excluding tert-OH is 1. The smallest absolute Gasteiger partial charge is 0.431 e. The molecule has 0 aromatic carbocycles. The Bertz CT molecular complexity index is 1160. The lowest BCUT2D eigenvalue weighted by atomic mass is 9.44. The molecule has 41 heavy (non-hydrogen) atoms. The van der Waals surface area contributed by atoms with Crippen molar-refractivity contribution in [2.75, 3.05) is 6.86 Å². The van der Waals surface area contributed by atoms with Crippen LogP contribution in [-0.2, 0) is 23.8 Å². The molecule has 0 aromatic rings. The van der Waals surface area contributed by atoms with Gasteiger partial charge in [0.2, 0.25) is 12.5 Å². The van der Waals surface area contributed by atoms with E-state index in [0.717, 1.165) is 12.5 Å². The van der Waals surface area contributed by atoms with Gasteiger partial charge >= 0.3 is 12.1 Å². The van der Waals surface area contributed by atoms with Gasteiger partial charge in [0.1, 0.15) is 12.3 Å². The molecule has 228 valence electrons. The van der Waals surface area contributed by atoms with E-state index >= 15 is 8.78 Å². The van der Waals surface area contributed by atoms with Crippen LogP contribution in [0.4, 0.5) is 18.0 Å². The summed E-state index contributed by atoms with van der Waals surface area (Å²) in [5.41, 5.74) is -7.54. The number of carbonyl (C=O) groups excluding carboxylic acids is 3.